The highest BCUT2D eigenvalue weighted by molar-refractivity contribution is 6.30. The Morgan fingerprint density at radius 1 is 1.50 bits per heavy atom. The average Bonchev–Trinajstić information content (AvgIpc) is 2.23. The third-order valence-electron chi connectivity index (χ3n) is 2.26. The van der Waals surface area contributed by atoms with Crippen LogP contribution in [0.3, 0.4) is 0 Å². The Bertz CT molecular complexity index is 326. The molecule has 14 heavy (non-hydrogen) atoms. The second-order valence-electron chi connectivity index (χ2n) is 3.21. The molecule has 1 aromatic carbocycles. The van der Waals surface area contributed by atoms with Gasteiger partial charge in [-0.25, -0.2) is 4.39 Å². The van der Waals surface area contributed by atoms with Crippen molar-refractivity contribution in [1.29, 1.82) is 0 Å². The van der Waals surface area contributed by atoms with E-state index < -0.39 is 0 Å². The van der Waals surface area contributed by atoms with Crippen molar-refractivity contribution in [3.63, 3.8) is 0 Å². The van der Waals surface area contributed by atoms with Gasteiger partial charge in [-0.2, -0.15) is 0 Å². The summed E-state index contributed by atoms with van der Waals surface area (Å²) >= 11 is 5.68. The first kappa shape index (κ1) is 9.90. The highest BCUT2D eigenvalue weighted by atomic mass is 35.5. The van der Waals surface area contributed by atoms with Crippen molar-refractivity contribution < 1.29 is 9.13 Å². The van der Waals surface area contributed by atoms with Crippen LogP contribution in [0.15, 0.2) is 18.2 Å². The lowest BCUT2D eigenvalue weighted by Gasteiger charge is -2.24. The Labute approximate surface area is 87.0 Å². The van der Waals surface area contributed by atoms with Crippen molar-refractivity contribution in [3.05, 3.63) is 34.6 Å². The topological polar surface area (TPSA) is 21.3 Å². The Morgan fingerprint density at radius 3 is 3.07 bits per heavy atom. The van der Waals surface area contributed by atoms with Crippen molar-refractivity contribution in [1.82, 2.24) is 5.32 Å². The number of morpholine rings is 1. The molecular weight excluding hydrogens is 205 g/mol. The second-order valence-corrected chi connectivity index (χ2v) is 3.61. The van der Waals surface area contributed by atoms with Crippen molar-refractivity contribution in [3.8, 4) is 0 Å². The van der Waals surface area contributed by atoms with Crippen LogP contribution in [0.1, 0.15) is 11.7 Å². The molecule has 76 valence electrons. The van der Waals surface area contributed by atoms with Gasteiger partial charge in [0.15, 0.2) is 0 Å². The van der Waals surface area contributed by atoms with Crippen LogP contribution < -0.4 is 5.32 Å². The summed E-state index contributed by atoms with van der Waals surface area (Å²) in [6, 6.07) is 4.98. The molecule has 1 heterocycles. The predicted molar refractivity (Wildman–Crippen MR) is 53.0 cm³/mol. The van der Waals surface area contributed by atoms with Crippen LogP contribution in [-0.2, 0) is 4.74 Å². The molecule has 1 aliphatic heterocycles. The highest BCUT2D eigenvalue weighted by Gasteiger charge is 2.20. The highest BCUT2D eigenvalue weighted by Crippen LogP contribution is 2.26. The first-order valence-electron chi connectivity index (χ1n) is 4.55. The maximum absolute atomic E-state index is 13.5. The number of nitrogens with one attached hydrogen (secondary N) is 1. The summed E-state index contributed by atoms with van der Waals surface area (Å²) in [4.78, 5) is 0. The van der Waals surface area contributed by atoms with E-state index in [2.05, 4.69) is 5.32 Å². The maximum Gasteiger partial charge on any atom is 0.147 e. The molecule has 1 fully saturated rings. The first-order valence-corrected chi connectivity index (χ1v) is 4.93. The van der Waals surface area contributed by atoms with Crippen LogP contribution in [0.5, 0.6) is 0 Å². The zero-order valence-corrected chi connectivity index (χ0v) is 8.35. The maximum atomic E-state index is 13.5. The summed E-state index contributed by atoms with van der Waals surface area (Å²) in [6.45, 7) is 2.06. The van der Waals surface area contributed by atoms with Gasteiger partial charge in [-0.05, 0) is 6.07 Å². The molecule has 2 nitrogen and oxygen atoms in total. The normalized spacial score (nSPS) is 22.3. The number of halogens is 2. The monoisotopic (exact) mass is 215 g/mol. The van der Waals surface area contributed by atoms with E-state index in [0.717, 1.165) is 6.54 Å². The third-order valence-corrected chi connectivity index (χ3v) is 2.55. The van der Waals surface area contributed by atoms with Gasteiger partial charge in [0.1, 0.15) is 5.82 Å². The van der Waals surface area contributed by atoms with Gasteiger partial charge >= 0.3 is 0 Å². The Balaban J connectivity index is 2.26. The molecule has 0 spiro atoms. The summed E-state index contributed by atoms with van der Waals surface area (Å²) in [5.74, 6) is -0.372. The third kappa shape index (κ3) is 1.90. The number of hydrogen-bond acceptors (Lipinski definition) is 2. The summed E-state index contributed by atoms with van der Waals surface area (Å²) in [5.41, 5.74) is 0.532. The fourth-order valence-electron chi connectivity index (χ4n) is 1.53. The lowest BCUT2D eigenvalue weighted by molar-refractivity contribution is 0.0255. The molecule has 0 aromatic heterocycles. The van der Waals surface area contributed by atoms with Gasteiger partial charge in [-0.1, -0.05) is 23.7 Å². The summed E-state index contributed by atoms with van der Waals surface area (Å²) in [6.07, 6.45) is -0.220. The largest absolute Gasteiger partial charge is 0.371 e. The number of benzene rings is 1. The van der Waals surface area contributed by atoms with Gasteiger partial charge in [0, 0.05) is 18.7 Å². The molecule has 0 radical (unpaired) electrons. The van der Waals surface area contributed by atoms with Gasteiger partial charge in [-0.3, -0.25) is 0 Å². The van der Waals surface area contributed by atoms with Crippen LogP contribution in [0, 0.1) is 5.82 Å². The molecule has 1 atom stereocenters. The van der Waals surface area contributed by atoms with Crippen molar-refractivity contribution in [2.75, 3.05) is 19.7 Å². The molecule has 0 saturated carbocycles. The smallest absolute Gasteiger partial charge is 0.147 e. The molecule has 1 saturated heterocycles. The van der Waals surface area contributed by atoms with E-state index in [-0.39, 0.29) is 16.9 Å². The molecule has 1 unspecified atom stereocenters. The molecule has 1 aromatic rings. The van der Waals surface area contributed by atoms with Crippen molar-refractivity contribution in [2.24, 2.45) is 0 Å². The van der Waals surface area contributed by atoms with Gasteiger partial charge in [0.25, 0.3) is 0 Å². The molecule has 0 bridgehead atoms. The fourth-order valence-corrected chi connectivity index (χ4v) is 1.72. The van der Waals surface area contributed by atoms with E-state index in [1.807, 2.05) is 0 Å². The lowest BCUT2D eigenvalue weighted by Crippen LogP contribution is -2.33. The Hall–Kier alpha value is -0.640. The van der Waals surface area contributed by atoms with Gasteiger partial charge < -0.3 is 10.1 Å². The minimum atomic E-state index is -0.372. The van der Waals surface area contributed by atoms with Crippen LogP contribution in [0.4, 0.5) is 4.39 Å². The molecule has 1 N–H and O–H groups in total. The fraction of sp³-hybridized carbons (Fsp3) is 0.400. The Morgan fingerprint density at radius 2 is 2.36 bits per heavy atom. The molecule has 1 aliphatic rings. The van der Waals surface area contributed by atoms with E-state index in [1.54, 1.807) is 12.1 Å². The molecule has 0 aliphatic carbocycles. The van der Waals surface area contributed by atoms with E-state index in [4.69, 9.17) is 16.3 Å². The zero-order chi connectivity index (χ0) is 9.97. The number of ether oxygens (including phenoxy) is 1. The summed E-state index contributed by atoms with van der Waals surface area (Å²) in [5, 5.41) is 3.29. The first-order chi connectivity index (χ1) is 6.79. The van der Waals surface area contributed by atoms with Crippen molar-refractivity contribution >= 4 is 11.6 Å². The van der Waals surface area contributed by atoms with Crippen LogP contribution in [0.2, 0.25) is 5.02 Å². The Kier molecular flexibility index (Phi) is 3.01. The molecule has 2 rings (SSSR count). The zero-order valence-electron chi connectivity index (χ0n) is 7.59. The molecule has 4 heteroatoms. The van der Waals surface area contributed by atoms with E-state index in [9.17, 15) is 4.39 Å². The van der Waals surface area contributed by atoms with Crippen LogP contribution >= 0.6 is 11.6 Å². The summed E-state index contributed by atoms with van der Waals surface area (Å²) < 4.78 is 19.0. The van der Waals surface area contributed by atoms with Gasteiger partial charge in [-0.15, -0.1) is 0 Å². The van der Waals surface area contributed by atoms with Crippen LogP contribution in [0.25, 0.3) is 0 Å². The van der Waals surface area contributed by atoms with Crippen LogP contribution in [-0.4, -0.2) is 19.7 Å². The van der Waals surface area contributed by atoms with E-state index in [1.165, 1.54) is 6.07 Å². The SMILES string of the molecule is Fc1c(Cl)cccc1C1CNCCO1. The molecule has 0 amide bonds. The number of rotatable bonds is 1. The molecular formula is C10H11ClFNO. The minimum absolute atomic E-state index is 0.150. The van der Waals surface area contributed by atoms with Gasteiger partial charge in [0.05, 0.1) is 17.7 Å². The minimum Gasteiger partial charge on any atom is -0.371 e. The lowest BCUT2D eigenvalue weighted by atomic mass is 10.1. The van der Waals surface area contributed by atoms with Crippen molar-refractivity contribution in [2.45, 2.75) is 6.10 Å². The second kappa shape index (κ2) is 4.26. The number of hydrogen-bond donors (Lipinski definition) is 1. The standard InChI is InChI=1S/C10H11ClFNO/c11-8-3-1-2-7(10(8)12)9-6-13-4-5-14-9/h1-3,9,13H,4-6H2. The van der Waals surface area contributed by atoms with Gasteiger partial charge in [0.2, 0.25) is 0 Å². The average molecular weight is 216 g/mol. The quantitative estimate of drug-likeness (QED) is 0.775. The summed E-state index contributed by atoms with van der Waals surface area (Å²) in [7, 11) is 0. The van der Waals surface area contributed by atoms with E-state index in [0.29, 0.717) is 18.7 Å². The van der Waals surface area contributed by atoms with E-state index >= 15 is 0 Å². The predicted octanol–water partition coefficient (Wildman–Crippen LogP) is 2.14.